The zero-order valence-corrected chi connectivity index (χ0v) is 39.5. The molecule has 0 fully saturated rings. The number of unbranched alkanes of at least 4 members (excludes halogenated alkanes) is 20. The van der Waals surface area contributed by atoms with Gasteiger partial charge in [-0.2, -0.15) is 0 Å². The third-order valence-corrected chi connectivity index (χ3v) is 12.4. The fraction of sp³-hybridized carbons (Fsp3) is 0.552. The molecule has 5 rings (SSSR count). The Kier molecular flexibility index (Phi) is 23.0. The fourth-order valence-corrected chi connectivity index (χ4v) is 8.78. The molecule has 338 valence electrons. The summed E-state index contributed by atoms with van der Waals surface area (Å²) >= 11 is 0. The van der Waals surface area contributed by atoms with Crippen molar-refractivity contribution in [1.82, 2.24) is 0 Å². The Hall–Kier alpha value is -4.18. The lowest BCUT2D eigenvalue weighted by Gasteiger charge is -2.22. The number of rotatable bonds is 34. The molecule has 5 aromatic carbocycles. The van der Waals surface area contributed by atoms with Crippen LogP contribution in [-0.4, -0.2) is 26.4 Å². The van der Waals surface area contributed by atoms with Gasteiger partial charge in [0.05, 0.1) is 26.4 Å². The van der Waals surface area contributed by atoms with E-state index in [1.54, 1.807) is 0 Å². The molecule has 0 aliphatic heterocycles. The van der Waals surface area contributed by atoms with Crippen molar-refractivity contribution in [3.05, 3.63) is 84.9 Å². The van der Waals surface area contributed by atoms with E-state index >= 15 is 0 Å². The minimum atomic E-state index is 0.681. The maximum atomic E-state index is 6.77. The van der Waals surface area contributed by atoms with Gasteiger partial charge in [0.25, 0.3) is 0 Å². The van der Waals surface area contributed by atoms with Crippen LogP contribution in [0.25, 0.3) is 43.8 Å². The molecule has 0 unspecified atom stereocenters. The molecule has 0 atom stereocenters. The van der Waals surface area contributed by atoms with Crippen molar-refractivity contribution in [2.45, 2.75) is 182 Å². The van der Waals surface area contributed by atoms with E-state index in [0.29, 0.717) is 26.4 Å². The van der Waals surface area contributed by atoms with Crippen LogP contribution in [0.15, 0.2) is 84.9 Å². The molecule has 0 bridgehead atoms. The molecule has 0 heterocycles. The smallest absolute Gasteiger partial charge is 0.161 e. The van der Waals surface area contributed by atoms with E-state index in [1.165, 1.54) is 151 Å². The quantitative estimate of drug-likeness (QED) is 0.0305. The van der Waals surface area contributed by atoms with Gasteiger partial charge in [-0.05, 0) is 93.7 Å². The molecule has 4 nitrogen and oxygen atoms in total. The first kappa shape index (κ1) is 48.8. The van der Waals surface area contributed by atoms with E-state index < -0.39 is 0 Å². The predicted molar refractivity (Wildman–Crippen MR) is 268 cm³/mol. The van der Waals surface area contributed by atoms with Crippen molar-refractivity contribution < 1.29 is 18.9 Å². The molecule has 0 aliphatic rings. The van der Waals surface area contributed by atoms with Gasteiger partial charge in [0.2, 0.25) is 0 Å². The standard InChI is InChI=1S/C58H82O4/c1-5-9-13-17-21-31-39-59-53-43-49-50(44-54(53)60-40-32-22-18-14-10-6-2)58(48-37-29-26-30-38-48)52-46-56(62-42-34-24-20-16-12-8-4)55(61-41-33-23-19-15-11-7-3)45-51(52)57(49)47-35-27-25-28-36-47/h25-30,35-38,43-46H,5-24,31-34,39-42H2,1-4H3. The van der Waals surface area contributed by atoms with Crippen molar-refractivity contribution in [3.8, 4) is 45.3 Å². The first-order valence-corrected chi connectivity index (χ1v) is 25.4. The lowest BCUT2D eigenvalue weighted by atomic mass is 9.85. The van der Waals surface area contributed by atoms with E-state index in [1.807, 2.05) is 0 Å². The molecule has 5 aromatic rings. The number of hydrogen-bond donors (Lipinski definition) is 0. The zero-order chi connectivity index (χ0) is 43.5. The molecule has 0 aromatic heterocycles. The van der Waals surface area contributed by atoms with Gasteiger partial charge in [0.1, 0.15) is 0 Å². The maximum Gasteiger partial charge on any atom is 0.161 e. The van der Waals surface area contributed by atoms with Crippen LogP contribution in [0.4, 0.5) is 0 Å². The molecule has 62 heavy (non-hydrogen) atoms. The van der Waals surface area contributed by atoms with Crippen LogP contribution in [-0.2, 0) is 0 Å². The Morgan fingerprint density at radius 1 is 0.274 bits per heavy atom. The van der Waals surface area contributed by atoms with Crippen LogP contribution >= 0.6 is 0 Å². The summed E-state index contributed by atoms with van der Waals surface area (Å²) in [5.74, 6) is 3.36. The Morgan fingerprint density at radius 2 is 0.500 bits per heavy atom. The molecule has 0 amide bonds. The van der Waals surface area contributed by atoms with Crippen LogP contribution < -0.4 is 18.9 Å². The van der Waals surface area contributed by atoms with Crippen molar-refractivity contribution in [1.29, 1.82) is 0 Å². The van der Waals surface area contributed by atoms with Gasteiger partial charge >= 0.3 is 0 Å². The molecular formula is C58H82O4. The Morgan fingerprint density at radius 3 is 0.742 bits per heavy atom. The van der Waals surface area contributed by atoms with Crippen LogP contribution in [0, 0.1) is 0 Å². The number of fused-ring (bicyclic) bond motifs is 2. The van der Waals surface area contributed by atoms with E-state index in [4.69, 9.17) is 18.9 Å². The van der Waals surface area contributed by atoms with Gasteiger partial charge in [0, 0.05) is 0 Å². The molecular weight excluding hydrogens is 761 g/mol. The fourth-order valence-electron chi connectivity index (χ4n) is 8.78. The monoisotopic (exact) mass is 843 g/mol. The minimum Gasteiger partial charge on any atom is -0.490 e. The SMILES string of the molecule is CCCCCCCCOc1cc2c(-c3ccccc3)c3cc(OCCCCCCCC)c(OCCCCCCCC)cc3c(-c3ccccc3)c2cc1OCCCCCCCC. The van der Waals surface area contributed by atoms with E-state index in [0.717, 1.165) is 70.2 Å². The van der Waals surface area contributed by atoms with Gasteiger partial charge in [-0.1, -0.05) is 217 Å². The average molecular weight is 843 g/mol. The molecule has 4 heteroatoms. The molecule has 0 saturated heterocycles. The van der Waals surface area contributed by atoms with Gasteiger partial charge in [-0.15, -0.1) is 0 Å². The lowest BCUT2D eigenvalue weighted by Crippen LogP contribution is -2.05. The highest BCUT2D eigenvalue weighted by atomic mass is 16.5. The van der Waals surface area contributed by atoms with Crippen LogP contribution in [0.1, 0.15) is 182 Å². The Bertz CT molecular complexity index is 1710. The summed E-state index contributed by atoms with van der Waals surface area (Å²) in [5, 5.41) is 4.65. The second kappa shape index (κ2) is 29.2. The third kappa shape index (κ3) is 15.6. The van der Waals surface area contributed by atoms with Gasteiger partial charge in [0.15, 0.2) is 23.0 Å². The van der Waals surface area contributed by atoms with Gasteiger partial charge in [-0.25, -0.2) is 0 Å². The summed E-state index contributed by atoms with van der Waals surface area (Å²) in [6.07, 6.45) is 29.4. The number of hydrogen-bond acceptors (Lipinski definition) is 4. The predicted octanol–water partition coefficient (Wildman–Crippen LogP) is 18.3. The largest absolute Gasteiger partial charge is 0.490 e. The number of ether oxygens (including phenoxy) is 4. The highest BCUT2D eigenvalue weighted by molar-refractivity contribution is 6.22. The van der Waals surface area contributed by atoms with Crippen molar-refractivity contribution in [2.75, 3.05) is 26.4 Å². The highest BCUT2D eigenvalue weighted by Gasteiger charge is 2.23. The second-order valence-corrected chi connectivity index (χ2v) is 17.6. The summed E-state index contributed by atoms with van der Waals surface area (Å²) in [5.41, 5.74) is 4.72. The summed E-state index contributed by atoms with van der Waals surface area (Å²) in [6.45, 7) is 11.8. The third-order valence-electron chi connectivity index (χ3n) is 12.4. The van der Waals surface area contributed by atoms with Crippen LogP contribution in [0.5, 0.6) is 23.0 Å². The maximum absolute atomic E-state index is 6.77. The van der Waals surface area contributed by atoms with E-state index in [-0.39, 0.29) is 0 Å². The van der Waals surface area contributed by atoms with Gasteiger partial charge < -0.3 is 18.9 Å². The van der Waals surface area contributed by atoms with Crippen molar-refractivity contribution in [2.24, 2.45) is 0 Å². The zero-order valence-electron chi connectivity index (χ0n) is 39.5. The van der Waals surface area contributed by atoms with Gasteiger partial charge in [-0.3, -0.25) is 0 Å². The number of benzene rings is 5. The summed E-state index contributed by atoms with van der Waals surface area (Å²) in [7, 11) is 0. The molecule has 0 radical (unpaired) electrons. The first-order valence-electron chi connectivity index (χ1n) is 25.4. The van der Waals surface area contributed by atoms with Crippen molar-refractivity contribution in [3.63, 3.8) is 0 Å². The van der Waals surface area contributed by atoms with E-state index in [2.05, 4.69) is 113 Å². The Balaban J connectivity index is 1.64. The molecule has 0 N–H and O–H groups in total. The summed E-state index contributed by atoms with van der Waals surface area (Å²) < 4.78 is 27.1. The summed E-state index contributed by atoms with van der Waals surface area (Å²) in [6, 6.07) is 31.0. The first-order chi connectivity index (χ1) is 30.7. The average Bonchev–Trinajstić information content (AvgIpc) is 3.30. The topological polar surface area (TPSA) is 36.9 Å². The summed E-state index contributed by atoms with van der Waals surface area (Å²) in [4.78, 5) is 0. The lowest BCUT2D eigenvalue weighted by molar-refractivity contribution is 0.259. The van der Waals surface area contributed by atoms with E-state index in [9.17, 15) is 0 Å². The normalized spacial score (nSPS) is 11.4. The molecule has 0 aliphatic carbocycles. The molecule has 0 spiro atoms. The second-order valence-electron chi connectivity index (χ2n) is 17.6. The highest BCUT2D eigenvalue weighted by Crippen LogP contribution is 2.49. The van der Waals surface area contributed by atoms with Crippen molar-refractivity contribution >= 4 is 21.5 Å². The van der Waals surface area contributed by atoms with Crippen LogP contribution in [0.2, 0.25) is 0 Å². The Labute approximate surface area is 377 Å². The van der Waals surface area contributed by atoms with Crippen LogP contribution in [0.3, 0.4) is 0 Å². The minimum absolute atomic E-state index is 0.681. The molecule has 0 saturated carbocycles.